The fourth-order valence-corrected chi connectivity index (χ4v) is 2.78. The van der Waals surface area contributed by atoms with Crippen LogP contribution < -0.4 is 5.73 Å². The van der Waals surface area contributed by atoms with Crippen molar-refractivity contribution in [2.45, 2.75) is 45.3 Å². The van der Waals surface area contributed by atoms with E-state index < -0.39 is 44.9 Å². The van der Waals surface area contributed by atoms with Crippen molar-refractivity contribution in [3.05, 3.63) is 12.2 Å². The molecule has 0 aliphatic carbocycles. The molecule has 28 heavy (non-hydrogen) atoms. The summed E-state index contributed by atoms with van der Waals surface area (Å²) in [5.74, 6) is -1.20. The molecule has 1 aliphatic heterocycles. The number of hydrogen-bond donors (Lipinski definition) is 5. The average Bonchev–Trinajstić information content (AvgIpc) is 3.21. The summed E-state index contributed by atoms with van der Waals surface area (Å²) in [4.78, 5) is 34.0. The first kappa shape index (κ1) is 24.6. The van der Waals surface area contributed by atoms with Crippen molar-refractivity contribution in [3.63, 3.8) is 0 Å². The van der Waals surface area contributed by atoms with Crippen LogP contribution in [0.4, 0.5) is 0 Å². The predicted octanol–water partition coefficient (Wildman–Crippen LogP) is -1.55. The number of aliphatic hydroxyl groups is 2. The van der Waals surface area contributed by atoms with Gasteiger partial charge in [0.1, 0.15) is 24.6 Å². The van der Waals surface area contributed by atoms with Crippen molar-refractivity contribution in [1.29, 1.82) is 0 Å². The Kier molecular flexibility index (Phi) is 9.60. The second kappa shape index (κ2) is 10.9. The quantitative estimate of drug-likeness (QED) is 0.303. The van der Waals surface area contributed by atoms with Crippen molar-refractivity contribution in [1.82, 2.24) is 19.7 Å². The van der Waals surface area contributed by atoms with Gasteiger partial charge >= 0.3 is 7.82 Å². The molecule has 6 N–H and O–H groups in total. The van der Waals surface area contributed by atoms with Crippen LogP contribution in [0.1, 0.15) is 37.6 Å². The van der Waals surface area contributed by atoms with E-state index in [1.165, 1.54) is 19.6 Å². The molecule has 1 aliphatic rings. The molecule has 0 unspecified atom stereocenters. The van der Waals surface area contributed by atoms with E-state index in [9.17, 15) is 19.6 Å². The third-order valence-corrected chi connectivity index (χ3v) is 4.56. The smallest absolute Gasteiger partial charge is 0.387 e. The van der Waals surface area contributed by atoms with Gasteiger partial charge < -0.3 is 35.4 Å². The summed E-state index contributed by atoms with van der Waals surface area (Å²) in [6, 6.07) is 0. The standard InChI is InChI=1S/C8H13N4O8P.C6H15N/c9-6(15)7-10-2-12(11-7)8-5(14)4(13)3(20-8)1-19-21(16,17)18;1-4-7(5-2)6-3/h2-5,8,13-14H,1H2,(H2,9,15)(H2,16,17,18);4-6H2,1-3H3/t3-,4-,5-,8-;/m1./s1. The molecule has 1 fully saturated rings. The lowest BCUT2D eigenvalue weighted by atomic mass is 10.1. The minimum absolute atomic E-state index is 0.310. The van der Waals surface area contributed by atoms with Crippen molar-refractivity contribution >= 4 is 13.7 Å². The summed E-state index contributed by atoms with van der Waals surface area (Å²) >= 11 is 0. The number of ether oxygens (including phenoxy) is 1. The van der Waals surface area contributed by atoms with Crippen LogP contribution in [0.25, 0.3) is 0 Å². The molecule has 1 aromatic heterocycles. The average molecular weight is 425 g/mol. The number of hydrogen-bond acceptors (Lipinski definition) is 9. The summed E-state index contributed by atoms with van der Waals surface area (Å²) in [6.07, 6.45) is -4.27. The number of carbonyl (C=O) groups excluding carboxylic acids is 1. The highest BCUT2D eigenvalue weighted by atomic mass is 31.2. The summed E-state index contributed by atoms with van der Waals surface area (Å²) < 4.78 is 21.0. The number of nitrogens with two attached hydrogens (primary N) is 1. The van der Waals surface area contributed by atoms with Gasteiger partial charge in [0.25, 0.3) is 5.91 Å². The minimum atomic E-state index is -4.73. The van der Waals surface area contributed by atoms with Gasteiger partial charge in [-0.25, -0.2) is 14.2 Å². The molecular formula is C14H28N5O8P. The maximum absolute atomic E-state index is 10.9. The maximum Gasteiger partial charge on any atom is 0.469 e. The fourth-order valence-electron chi connectivity index (χ4n) is 2.44. The first-order valence-electron chi connectivity index (χ1n) is 8.68. The Morgan fingerprint density at radius 3 is 2.25 bits per heavy atom. The van der Waals surface area contributed by atoms with Gasteiger partial charge in [-0.2, -0.15) is 0 Å². The van der Waals surface area contributed by atoms with E-state index in [0.29, 0.717) is 0 Å². The van der Waals surface area contributed by atoms with Gasteiger partial charge in [-0.3, -0.25) is 9.32 Å². The van der Waals surface area contributed by atoms with E-state index in [1.54, 1.807) is 0 Å². The number of phosphoric acid groups is 1. The normalized spacial score (nSPS) is 24.9. The monoisotopic (exact) mass is 425 g/mol. The van der Waals surface area contributed by atoms with E-state index in [2.05, 4.69) is 40.3 Å². The highest BCUT2D eigenvalue weighted by Crippen LogP contribution is 2.38. The van der Waals surface area contributed by atoms with Crippen LogP contribution in [-0.2, 0) is 13.8 Å². The summed E-state index contributed by atoms with van der Waals surface area (Å²) in [6.45, 7) is 9.48. The Bertz CT molecular complexity index is 658. The molecule has 0 bridgehead atoms. The molecule has 2 rings (SSSR count). The SMILES string of the molecule is CCN(CC)CC.NC(=O)c1ncn([C@@H]2O[C@H](COP(=O)(O)O)[C@@H](O)[C@H]2O)n1. The lowest BCUT2D eigenvalue weighted by molar-refractivity contribution is -0.0581. The topological polar surface area (TPSA) is 193 Å². The molecule has 0 saturated carbocycles. The molecule has 13 nitrogen and oxygen atoms in total. The molecule has 162 valence electrons. The zero-order valence-corrected chi connectivity index (χ0v) is 16.8. The molecule has 0 aromatic carbocycles. The number of phosphoric ester groups is 1. The number of amides is 1. The Morgan fingerprint density at radius 1 is 1.29 bits per heavy atom. The van der Waals surface area contributed by atoms with Crippen LogP contribution in [0.2, 0.25) is 0 Å². The maximum atomic E-state index is 10.9. The van der Waals surface area contributed by atoms with Crippen molar-refractivity contribution < 1.29 is 38.6 Å². The van der Waals surface area contributed by atoms with Crippen LogP contribution in [0.15, 0.2) is 6.33 Å². The van der Waals surface area contributed by atoms with E-state index in [1.807, 2.05) is 0 Å². The highest BCUT2D eigenvalue weighted by molar-refractivity contribution is 7.46. The predicted molar refractivity (Wildman–Crippen MR) is 95.9 cm³/mol. The van der Waals surface area contributed by atoms with Crippen LogP contribution in [0.3, 0.4) is 0 Å². The molecule has 1 saturated heterocycles. The zero-order chi connectivity index (χ0) is 21.5. The van der Waals surface area contributed by atoms with Gasteiger partial charge in [-0.15, -0.1) is 5.10 Å². The van der Waals surface area contributed by atoms with Crippen molar-refractivity contribution in [2.75, 3.05) is 26.2 Å². The summed E-state index contributed by atoms with van der Waals surface area (Å²) in [5.41, 5.74) is 4.97. The Morgan fingerprint density at radius 2 is 1.86 bits per heavy atom. The third-order valence-electron chi connectivity index (χ3n) is 4.08. The second-order valence-electron chi connectivity index (χ2n) is 5.86. The number of carbonyl (C=O) groups is 1. The van der Waals surface area contributed by atoms with Crippen LogP contribution in [0.5, 0.6) is 0 Å². The lowest BCUT2D eigenvalue weighted by Crippen LogP contribution is -2.33. The number of primary amides is 1. The van der Waals surface area contributed by atoms with Crippen molar-refractivity contribution in [3.8, 4) is 0 Å². The first-order valence-corrected chi connectivity index (χ1v) is 10.2. The minimum Gasteiger partial charge on any atom is -0.387 e. The van der Waals surface area contributed by atoms with Crippen LogP contribution in [-0.4, -0.2) is 90.1 Å². The fraction of sp³-hybridized carbons (Fsp3) is 0.786. The van der Waals surface area contributed by atoms with E-state index in [-0.39, 0.29) is 5.82 Å². The number of rotatable bonds is 8. The van der Waals surface area contributed by atoms with Gasteiger partial charge in [0.05, 0.1) is 6.61 Å². The summed E-state index contributed by atoms with van der Waals surface area (Å²) in [7, 11) is -4.73. The second-order valence-corrected chi connectivity index (χ2v) is 7.10. The van der Waals surface area contributed by atoms with Crippen molar-refractivity contribution in [2.24, 2.45) is 5.73 Å². The number of nitrogens with zero attached hydrogens (tertiary/aromatic N) is 4. The van der Waals surface area contributed by atoms with Crippen LogP contribution >= 0.6 is 7.82 Å². The zero-order valence-electron chi connectivity index (χ0n) is 16.0. The molecule has 1 amide bonds. The van der Waals surface area contributed by atoms with Gasteiger partial charge in [-0.05, 0) is 19.6 Å². The molecular weight excluding hydrogens is 397 g/mol. The number of aliphatic hydroxyl groups excluding tert-OH is 2. The van der Waals surface area contributed by atoms with E-state index >= 15 is 0 Å². The molecule has 2 heterocycles. The van der Waals surface area contributed by atoms with Gasteiger partial charge in [-0.1, -0.05) is 20.8 Å². The largest absolute Gasteiger partial charge is 0.469 e. The third kappa shape index (κ3) is 7.18. The molecule has 4 atom stereocenters. The van der Waals surface area contributed by atoms with Gasteiger partial charge in [0.2, 0.25) is 5.82 Å². The summed E-state index contributed by atoms with van der Waals surface area (Å²) in [5, 5.41) is 23.2. The highest BCUT2D eigenvalue weighted by Gasteiger charge is 2.45. The van der Waals surface area contributed by atoms with Gasteiger partial charge in [0, 0.05) is 0 Å². The van der Waals surface area contributed by atoms with E-state index in [4.69, 9.17) is 20.3 Å². The number of aromatic nitrogens is 3. The molecule has 14 heteroatoms. The molecule has 0 spiro atoms. The first-order chi connectivity index (χ1) is 13.0. The Hall–Kier alpha value is -1.44. The Balaban J connectivity index is 0.000000480. The van der Waals surface area contributed by atoms with Gasteiger partial charge in [0.15, 0.2) is 6.23 Å². The Labute approximate surface area is 162 Å². The van der Waals surface area contributed by atoms with E-state index in [0.717, 1.165) is 11.0 Å². The molecule has 0 radical (unpaired) electrons. The molecule has 1 aromatic rings. The lowest BCUT2D eigenvalue weighted by Gasteiger charge is -2.14. The van der Waals surface area contributed by atoms with Crippen LogP contribution in [0, 0.1) is 0 Å².